The number of carbonyl (C=O) groups is 4. The molecule has 3 amide bonds. The summed E-state index contributed by atoms with van der Waals surface area (Å²) >= 11 is 0. The Morgan fingerprint density at radius 1 is 0.977 bits per heavy atom. The van der Waals surface area contributed by atoms with Gasteiger partial charge in [-0.1, -0.05) is 72.8 Å². The summed E-state index contributed by atoms with van der Waals surface area (Å²) in [6.07, 6.45) is 6.29. The third kappa shape index (κ3) is 5.01. The summed E-state index contributed by atoms with van der Waals surface area (Å²) in [7, 11) is 0. The van der Waals surface area contributed by atoms with Crippen molar-refractivity contribution in [2.75, 3.05) is 31.1 Å². The topological polar surface area (TPSA) is 125 Å². The van der Waals surface area contributed by atoms with Crippen LogP contribution in [0.3, 0.4) is 0 Å². The molecule has 230 valence electrons. The maximum atomic E-state index is 14.8. The first-order valence-corrected chi connectivity index (χ1v) is 15.1. The molecule has 4 aliphatic heterocycles. The van der Waals surface area contributed by atoms with Gasteiger partial charge in [0.05, 0.1) is 25.2 Å². The van der Waals surface area contributed by atoms with Gasteiger partial charge in [0.1, 0.15) is 23.7 Å². The Morgan fingerprint density at radius 2 is 1.73 bits per heavy atom. The lowest BCUT2D eigenvalue weighted by atomic mass is 9.74. The number of benzene rings is 2. The van der Waals surface area contributed by atoms with Crippen molar-refractivity contribution in [2.45, 2.75) is 50.5 Å². The smallest absolute Gasteiger partial charge is 0.313 e. The predicted octanol–water partition coefficient (Wildman–Crippen LogP) is 2.53. The molecular weight excluding hydrogens is 562 g/mol. The molecule has 4 aliphatic rings. The summed E-state index contributed by atoms with van der Waals surface area (Å²) in [5.74, 6) is -3.66. The highest BCUT2D eigenvalue weighted by Crippen LogP contribution is 2.56. The van der Waals surface area contributed by atoms with Gasteiger partial charge in [-0.25, -0.2) is 0 Å². The highest BCUT2D eigenvalue weighted by Gasteiger charge is 2.73. The summed E-state index contributed by atoms with van der Waals surface area (Å²) in [6, 6.07) is 13.8. The number of amides is 3. The third-order valence-corrected chi connectivity index (χ3v) is 9.10. The van der Waals surface area contributed by atoms with Crippen molar-refractivity contribution in [1.82, 2.24) is 10.2 Å². The number of anilines is 1. The summed E-state index contributed by atoms with van der Waals surface area (Å²) in [4.78, 5) is 58.6. The Hall–Kier alpha value is -4.28. The molecule has 2 aromatic rings. The van der Waals surface area contributed by atoms with Crippen LogP contribution in [0.2, 0.25) is 0 Å². The van der Waals surface area contributed by atoms with Crippen molar-refractivity contribution in [1.29, 1.82) is 0 Å². The molecule has 2 N–H and O–H groups in total. The Morgan fingerprint density at radius 3 is 2.45 bits per heavy atom. The van der Waals surface area contributed by atoms with E-state index in [1.54, 1.807) is 17.1 Å². The van der Waals surface area contributed by atoms with Gasteiger partial charge in [-0.15, -0.1) is 0 Å². The molecule has 6 rings (SSSR count). The van der Waals surface area contributed by atoms with E-state index >= 15 is 0 Å². The van der Waals surface area contributed by atoms with Gasteiger partial charge in [-0.05, 0) is 37.0 Å². The number of aliphatic hydroxyl groups excluding tert-OH is 1. The highest BCUT2D eigenvalue weighted by atomic mass is 16.6. The van der Waals surface area contributed by atoms with E-state index in [1.165, 1.54) is 4.90 Å². The van der Waals surface area contributed by atoms with Crippen LogP contribution in [0.15, 0.2) is 72.8 Å². The van der Waals surface area contributed by atoms with E-state index in [0.29, 0.717) is 17.7 Å². The summed E-state index contributed by atoms with van der Waals surface area (Å²) < 4.78 is 12.5. The molecule has 10 heteroatoms. The number of fused-ring (bicyclic) bond motifs is 2. The SMILES string of the molecule is Cc1cccc(C)c1N1C/C=C\CCC(=O)NC[C@H](c2ccccc2)OC(=O)[C@@H]2[C@H]3C(=O)N(CCO)[C@H](C1=O)[C@]31C=C[C@H]2O1. The van der Waals surface area contributed by atoms with Crippen LogP contribution in [0.25, 0.3) is 0 Å². The molecule has 2 aromatic carbocycles. The minimum Gasteiger partial charge on any atom is -0.455 e. The number of hydrogen-bond donors (Lipinski definition) is 2. The number of allylic oxidation sites excluding steroid dienone is 1. The van der Waals surface area contributed by atoms with E-state index in [-0.39, 0.29) is 44.5 Å². The first-order valence-electron chi connectivity index (χ1n) is 15.1. The van der Waals surface area contributed by atoms with Crippen molar-refractivity contribution in [3.05, 3.63) is 89.5 Å². The van der Waals surface area contributed by atoms with Crippen molar-refractivity contribution < 1.29 is 33.8 Å². The second-order valence-electron chi connectivity index (χ2n) is 11.8. The van der Waals surface area contributed by atoms with Gasteiger partial charge in [0.25, 0.3) is 5.91 Å². The quantitative estimate of drug-likeness (QED) is 0.409. The Kier molecular flexibility index (Phi) is 8.13. The van der Waals surface area contributed by atoms with E-state index in [4.69, 9.17) is 9.47 Å². The lowest BCUT2D eigenvalue weighted by Gasteiger charge is -2.36. The fourth-order valence-electron chi connectivity index (χ4n) is 7.16. The van der Waals surface area contributed by atoms with Gasteiger partial charge in [0, 0.05) is 25.2 Å². The zero-order chi connectivity index (χ0) is 31.0. The van der Waals surface area contributed by atoms with Gasteiger partial charge in [0.2, 0.25) is 11.8 Å². The molecule has 10 nitrogen and oxygen atoms in total. The van der Waals surface area contributed by atoms with Crippen molar-refractivity contribution in [2.24, 2.45) is 11.8 Å². The molecule has 0 saturated carbocycles. The largest absolute Gasteiger partial charge is 0.455 e. The number of rotatable bonds is 4. The third-order valence-electron chi connectivity index (χ3n) is 9.10. The molecule has 0 aliphatic carbocycles. The minimum atomic E-state index is -1.40. The number of para-hydroxylation sites is 1. The minimum absolute atomic E-state index is 0.0637. The first-order chi connectivity index (χ1) is 21.3. The van der Waals surface area contributed by atoms with Crippen LogP contribution < -0.4 is 10.2 Å². The van der Waals surface area contributed by atoms with Crippen LogP contribution in [-0.2, 0) is 28.7 Å². The lowest BCUT2D eigenvalue weighted by molar-refractivity contribution is -0.159. The molecule has 0 radical (unpaired) electrons. The maximum absolute atomic E-state index is 14.8. The number of aryl methyl sites for hydroxylation is 2. The van der Waals surface area contributed by atoms with Crippen molar-refractivity contribution in [3.8, 4) is 0 Å². The van der Waals surface area contributed by atoms with Crippen LogP contribution in [0.1, 0.15) is 35.6 Å². The number of likely N-dealkylation sites (tertiary alicyclic amines) is 1. The average molecular weight is 600 g/mol. The van der Waals surface area contributed by atoms with E-state index in [9.17, 15) is 24.3 Å². The predicted molar refractivity (Wildman–Crippen MR) is 161 cm³/mol. The average Bonchev–Trinajstić information content (AvgIpc) is 3.65. The standard InChI is InChI=1S/C34H37N3O7/c1-21-10-9-11-22(2)29(21)36-17-8-4-7-14-26(39)35-20-25(23-12-5-3-6-13-23)43-33(42)27-24-15-16-34(44-24)28(27)31(40)37(18-19-38)30(34)32(36)41/h3-6,8-13,15-16,24-25,27-28,30,38H,7,14,17-20H2,1-2H3,(H,35,39)/b8-4-/t24-,25-,27+,28+,30-,34+/m1/s1. The van der Waals surface area contributed by atoms with E-state index in [2.05, 4.69) is 5.32 Å². The summed E-state index contributed by atoms with van der Waals surface area (Å²) in [6.45, 7) is 3.65. The molecule has 6 atom stereocenters. The molecule has 2 saturated heterocycles. The number of aliphatic hydroxyl groups is 1. The van der Waals surface area contributed by atoms with Crippen LogP contribution in [0.5, 0.6) is 0 Å². The van der Waals surface area contributed by atoms with Crippen molar-refractivity contribution in [3.63, 3.8) is 0 Å². The number of carbonyl (C=O) groups excluding carboxylic acids is 4. The number of nitrogens with zero attached hydrogens (tertiary/aromatic N) is 2. The molecule has 2 fully saturated rings. The second kappa shape index (κ2) is 12.0. The van der Waals surface area contributed by atoms with Gasteiger partial charge >= 0.3 is 5.97 Å². The molecule has 0 unspecified atom stereocenters. The highest BCUT2D eigenvalue weighted by molar-refractivity contribution is 6.06. The van der Waals surface area contributed by atoms with E-state index < -0.39 is 47.6 Å². The van der Waals surface area contributed by atoms with Gasteiger partial charge in [0.15, 0.2) is 0 Å². The molecule has 5 bridgehead atoms. The van der Waals surface area contributed by atoms with E-state index in [1.807, 2.05) is 74.5 Å². The number of nitrogens with one attached hydrogen (secondary N) is 1. The van der Waals surface area contributed by atoms with Gasteiger partial charge in [-0.2, -0.15) is 0 Å². The summed E-state index contributed by atoms with van der Waals surface area (Å²) in [5, 5.41) is 12.9. The van der Waals surface area contributed by atoms with Gasteiger partial charge in [-0.3, -0.25) is 19.2 Å². The zero-order valence-electron chi connectivity index (χ0n) is 24.8. The second-order valence-corrected chi connectivity index (χ2v) is 11.8. The molecule has 0 aromatic heterocycles. The molecule has 4 heterocycles. The molecule has 44 heavy (non-hydrogen) atoms. The van der Waals surface area contributed by atoms with E-state index in [0.717, 1.165) is 11.1 Å². The molecule has 1 spiro atoms. The maximum Gasteiger partial charge on any atom is 0.313 e. The van der Waals surface area contributed by atoms with Crippen LogP contribution in [0, 0.1) is 25.7 Å². The fourth-order valence-corrected chi connectivity index (χ4v) is 7.16. The first kappa shape index (κ1) is 29.8. The number of ether oxygens (including phenoxy) is 2. The normalized spacial score (nSPS) is 31.2. The number of esters is 1. The number of cyclic esters (lactones) is 1. The van der Waals surface area contributed by atoms with Crippen molar-refractivity contribution >= 4 is 29.4 Å². The van der Waals surface area contributed by atoms with Gasteiger partial charge < -0.3 is 29.7 Å². The Bertz CT molecular complexity index is 1500. The van der Waals surface area contributed by atoms with Crippen LogP contribution >= 0.6 is 0 Å². The summed E-state index contributed by atoms with van der Waals surface area (Å²) in [5.41, 5.74) is 1.77. The van der Waals surface area contributed by atoms with Crippen LogP contribution in [0.4, 0.5) is 5.69 Å². The fraction of sp³-hybridized carbons (Fsp3) is 0.412. The zero-order valence-corrected chi connectivity index (χ0v) is 24.8. The monoisotopic (exact) mass is 599 g/mol. The Labute approximate surface area is 256 Å². The lowest BCUT2D eigenvalue weighted by Crippen LogP contribution is -2.56. The molecular formula is C34H37N3O7. The Balaban J connectivity index is 1.44. The number of β-amino-alcohol motifs (C(OH)–C–C–N with tert-alkyl or cyclic N) is 1. The number of hydrogen-bond acceptors (Lipinski definition) is 7. The van der Waals surface area contributed by atoms with Crippen LogP contribution in [-0.4, -0.2) is 77.7 Å².